The van der Waals surface area contributed by atoms with Crippen molar-refractivity contribution in [3.63, 3.8) is 0 Å². The Morgan fingerprint density at radius 1 is 0.778 bits per heavy atom. The van der Waals surface area contributed by atoms with Crippen LogP contribution in [0.1, 0.15) is 84.0 Å². The zero-order valence-corrected chi connectivity index (χ0v) is 12.5. The molecule has 0 unspecified atom stereocenters. The smallest absolute Gasteiger partial charge is 0.158 e. The highest BCUT2D eigenvalue weighted by molar-refractivity contribution is 5.79. The Bertz CT molecular complexity index is 178. The predicted octanol–water partition coefficient (Wildman–Crippen LogP) is 4.90. The van der Waals surface area contributed by atoms with Crippen molar-refractivity contribution in [2.45, 2.75) is 84.0 Å². The van der Waals surface area contributed by atoms with Gasteiger partial charge in [0.25, 0.3) is 0 Å². The van der Waals surface area contributed by atoms with Crippen LogP contribution in [-0.4, -0.2) is 19.5 Å². The fraction of sp³-hybridized carbons (Fsp3) is 0.938. The molecule has 0 N–H and O–H groups in total. The summed E-state index contributed by atoms with van der Waals surface area (Å²) in [5.41, 5.74) is 0. The summed E-state index contributed by atoms with van der Waals surface area (Å²) in [6.07, 6.45) is 15.3. The number of unbranched alkanes of at least 4 members (excludes halogenated alkanes) is 10. The average molecular weight is 256 g/mol. The third kappa shape index (κ3) is 13.7. The zero-order chi connectivity index (χ0) is 13.5. The van der Waals surface area contributed by atoms with Crippen molar-refractivity contribution in [2.75, 3.05) is 13.7 Å². The van der Waals surface area contributed by atoms with Crippen LogP contribution in [0.4, 0.5) is 0 Å². The van der Waals surface area contributed by atoms with Gasteiger partial charge in [0, 0.05) is 13.5 Å². The van der Waals surface area contributed by atoms with Crippen LogP contribution in [-0.2, 0) is 9.53 Å². The first-order valence-electron chi connectivity index (χ1n) is 7.82. The zero-order valence-electron chi connectivity index (χ0n) is 12.5. The molecule has 0 spiro atoms. The molecule has 0 aromatic carbocycles. The Hall–Kier alpha value is -0.370. The van der Waals surface area contributed by atoms with Gasteiger partial charge in [-0.2, -0.15) is 0 Å². The molecule has 0 aliphatic heterocycles. The second-order valence-electron chi connectivity index (χ2n) is 5.26. The average Bonchev–Trinajstić information content (AvgIpc) is 2.36. The van der Waals surface area contributed by atoms with E-state index in [9.17, 15) is 4.79 Å². The number of ketones is 1. The molecular formula is C16H32O2. The Balaban J connectivity index is 3.01. The lowest BCUT2D eigenvalue weighted by Gasteiger charge is -2.02. The number of ether oxygens (including phenoxy) is 1. The van der Waals surface area contributed by atoms with E-state index >= 15 is 0 Å². The lowest BCUT2D eigenvalue weighted by Crippen LogP contribution is -2.05. The molecule has 0 aliphatic carbocycles. The van der Waals surface area contributed by atoms with E-state index in [4.69, 9.17) is 4.74 Å². The third-order valence-corrected chi connectivity index (χ3v) is 3.36. The summed E-state index contributed by atoms with van der Waals surface area (Å²) in [6, 6.07) is 0. The molecule has 2 nitrogen and oxygen atoms in total. The summed E-state index contributed by atoms with van der Waals surface area (Å²) >= 11 is 0. The van der Waals surface area contributed by atoms with E-state index in [-0.39, 0.29) is 12.4 Å². The minimum Gasteiger partial charge on any atom is -0.377 e. The van der Waals surface area contributed by atoms with Gasteiger partial charge in [-0.25, -0.2) is 0 Å². The number of carbonyl (C=O) groups is 1. The number of hydrogen-bond donors (Lipinski definition) is 0. The van der Waals surface area contributed by atoms with Gasteiger partial charge in [-0.3, -0.25) is 4.79 Å². The minimum absolute atomic E-state index is 0.244. The highest BCUT2D eigenvalue weighted by atomic mass is 16.5. The van der Waals surface area contributed by atoms with Crippen molar-refractivity contribution in [3.05, 3.63) is 0 Å². The van der Waals surface area contributed by atoms with Crippen LogP contribution in [0.3, 0.4) is 0 Å². The fourth-order valence-electron chi connectivity index (χ4n) is 2.22. The topological polar surface area (TPSA) is 26.3 Å². The Morgan fingerprint density at radius 2 is 1.22 bits per heavy atom. The van der Waals surface area contributed by atoms with Gasteiger partial charge in [-0.05, 0) is 6.42 Å². The van der Waals surface area contributed by atoms with Gasteiger partial charge >= 0.3 is 0 Å². The number of carbonyl (C=O) groups excluding carboxylic acids is 1. The van der Waals surface area contributed by atoms with E-state index in [1.165, 1.54) is 64.2 Å². The van der Waals surface area contributed by atoms with Crippen LogP contribution < -0.4 is 0 Å². The SMILES string of the molecule is CCCCCCCCCCCCCC(=O)COC. The van der Waals surface area contributed by atoms with Crippen LogP contribution in [0, 0.1) is 0 Å². The minimum atomic E-state index is 0.244. The molecule has 2 heteroatoms. The second kappa shape index (κ2) is 14.7. The highest BCUT2D eigenvalue weighted by Gasteiger charge is 2.00. The van der Waals surface area contributed by atoms with Crippen LogP contribution >= 0.6 is 0 Å². The van der Waals surface area contributed by atoms with Crippen LogP contribution in [0.2, 0.25) is 0 Å². The van der Waals surface area contributed by atoms with Crippen molar-refractivity contribution in [1.29, 1.82) is 0 Å². The third-order valence-electron chi connectivity index (χ3n) is 3.36. The molecule has 0 fully saturated rings. The number of Topliss-reactive ketones (excluding diaryl/α,β-unsaturated/α-hetero) is 1. The molecule has 0 amide bonds. The predicted molar refractivity (Wildman–Crippen MR) is 78.0 cm³/mol. The largest absolute Gasteiger partial charge is 0.377 e. The van der Waals surface area contributed by atoms with E-state index in [1.54, 1.807) is 7.11 Å². The summed E-state index contributed by atoms with van der Waals surface area (Å²) in [5.74, 6) is 0.244. The maximum atomic E-state index is 11.2. The molecule has 0 rings (SSSR count). The lowest BCUT2D eigenvalue weighted by molar-refractivity contribution is -0.122. The Labute approximate surface area is 113 Å². The molecule has 0 aromatic rings. The monoisotopic (exact) mass is 256 g/mol. The van der Waals surface area contributed by atoms with Crippen LogP contribution in [0.5, 0.6) is 0 Å². The van der Waals surface area contributed by atoms with E-state index in [0.717, 1.165) is 6.42 Å². The Morgan fingerprint density at radius 3 is 1.67 bits per heavy atom. The molecule has 0 heterocycles. The number of methoxy groups -OCH3 is 1. The normalized spacial score (nSPS) is 10.8. The first kappa shape index (κ1) is 17.6. The first-order chi connectivity index (χ1) is 8.81. The van der Waals surface area contributed by atoms with Gasteiger partial charge < -0.3 is 4.74 Å². The molecular weight excluding hydrogens is 224 g/mol. The van der Waals surface area contributed by atoms with Crippen molar-refractivity contribution >= 4 is 5.78 Å². The van der Waals surface area contributed by atoms with Crippen LogP contribution in [0.15, 0.2) is 0 Å². The molecule has 108 valence electrons. The van der Waals surface area contributed by atoms with Gasteiger partial charge in [-0.1, -0.05) is 71.1 Å². The van der Waals surface area contributed by atoms with Gasteiger partial charge in [0.05, 0.1) is 0 Å². The van der Waals surface area contributed by atoms with Gasteiger partial charge in [0.15, 0.2) is 5.78 Å². The summed E-state index contributed by atoms with van der Waals surface area (Å²) in [5, 5.41) is 0. The van der Waals surface area contributed by atoms with Crippen molar-refractivity contribution in [2.24, 2.45) is 0 Å². The van der Waals surface area contributed by atoms with E-state index in [0.29, 0.717) is 6.42 Å². The molecule has 18 heavy (non-hydrogen) atoms. The molecule has 0 saturated heterocycles. The van der Waals surface area contributed by atoms with Crippen molar-refractivity contribution < 1.29 is 9.53 Å². The standard InChI is InChI=1S/C16H32O2/c1-3-4-5-6-7-8-9-10-11-12-13-14-16(17)15-18-2/h3-15H2,1-2H3. The fourth-order valence-corrected chi connectivity index (χ4v) is 2.22. The number of hydrogen-bond acceptors (Lipinski definition) is 2. The maximum absolute atomic E-state index is 11.2. The van der Waals surface area contributed by atoms with E-state index in [1.807, 2.05) is 0 Å². The van der Waals surface area contributed by atoms with Crippen molar-refractivity contribution in [3.8, 4) is 0 Å². The summed E-state index contributed by atoms with van der Waals surface area (Å²) in [4.78, 5) is 11.2. The maximum Gasteiger partial charge on any atom is 0.158 e. The molecule has 0 aromatic heterocycles. The summed E-state index contributed by atoms with van der Waals surface area (Å²) < 4.78 is 4.80. The van der Waals surface area contributed by atoms with E-state index < -0.39 is 0 Å². The summed E-state index contributed by atoms with van der Waals surface area (Å²) in [7, 11) is 1.58. The van der Waals surface area contributed by atoms with Gasteiger partial charge in [0.2, 0.25) is 0 Å². The molecule has 0 saturated carbocycles. The molecule has 0 bridgehead atoms. The second-order valence-corrected chi connectivity index (χ2v) is 5.26. The first-order valence-corrected chi connectivity index (χ1v) is 7.82. The van der Waals surface area contributed by atoms with Gasteiger partial charge in [0.1, 0.15) is 6.61 Å². The van der Waals surface area contributed by atoms with E-state index in [2.05, 4.69) is 6.92 Å². The molecule has 0 radical (unpaired) electrons. The molecule has 0 aliphatic rings. The highest BCUT2D eigenvalue weighted by Crippen LogP contribution is 2.11. The lowest BCUT2D eigenvalue weighted by atomic mass is 10.0. The quantitative estimate of drug-likeness (QED) is 0.413. The number of rotatable bonds is 14. The Kier molecular flexibility index (Phi) is 14.4. The molecule has 0 atom stereocenters. The van der Waals surface area contributed by atoms with Crippen LogP contribution in [0.25, 0.3) is 0 Å². The summed E-state index contributed by atoms with van der Waals surface area (Å²) in [6.45, 7) is 2.55. The van der Waals surface area contributed by atoms with Crippen molar-refractivity contribution in [1.82, 2.24) is 0 Å². The van der Waals surface area contributed by atoms with Gasteiger partial charge in [-0.15, -0.1) is 0 Å².